The number of nitrogens with zero attached hydrogens (tertiary/aromatic N) is 1. The molecule has 1 amide bonds. The minimum atomic E-state index is -5.25. The Morgan fingerprint density at radius 1 is 0.878 bits per heavy atom. The van der Waals surface area contributed by atoms with E-state index in [1.54, 1.807) is 0 Å². The second-order valence-corrected chi connectivity index (χ2v) is 7.89. The van der Waals surface area contributed by atoms with Gasteiger partial charge in [0.15, 0.2) is 17.3 Å². The number of alkyl halides is 6. The number of anilines is 1. The Morgan fingerprint density at radius 2 is 1.54 bits per heavy atom. The maximum Gasteiger partial charge on any atom is 0.573 e. The fourth-order valence-electron chi connectivity index (χ4n) is 3.12. The van der Waals surface area contributed by atoms with Gasteiger partial charge < -0.3 is 24.3 Å². The third-order valence-electron chi connectivity index (χ3n) is 4.72. The van der Waals surface area contributed by atoms with Gasteiger partial charge in [-0.3, -0.25) is 4.79 Å². The number of amides is 1. The number of carbonyl (C=O) groups is 2. The number of esters is 1. The number of nitrogens with one attached hydrogen (secondary N) is 1. The van der Waals surface area contributed by atoms with Crippen molar-refractivity contribution < 1.29 is 59.3 Å². The van der Waals surface area contributed by atoms with Gasteiger partial charge in [-0.05, 0) is 41.7 Å². The van der Waals surface area contributed by atoms with Crippen LogP contribution in [0.2, 0.25) is 0 Å². The number of halogens is 7. The molecular weight excluding hydrogens is 566 g/mol. The molecule has 0 fully saturated rings. The summed E-state index contributed by atoms with van der Waals surface area (Å²) in [5.74, 6) is -7.73. The molecule has 0 aliphatic rings. The zero-order chi connectivity index (χ0) is 30.8. The van der Waals surface area contributed by atoms with Crippen LogP contribution in [0.4, 0.5) is 36.6 Å². The number of pyridine rings is 1. The van der Waals surface area contributed by atoms with Crippen molar-refractivity contribution in [1.82, 2.24) is 4.98 Å². The van der Waals surface area contributed by atoms with Crippen LogP contribution in [0.15, 0.2) is 48.7 Å². The van der Waals surface area contributed by atoms with Crippen molar-refractivity contribution in [3.05, 3.63) is 71.2 Å². The van der Waals surface area contributed by atoms with E-state index in [1.807, 2.05) is 0 Å². The van der Waals surface area contributed by atoms with Crippen LogP contribution < -0.4 is 19.5 Å². The zero-order valence-corrected chi connectivity index (χ0v) is 20.4. The molecule has 1 N–H and O–H groups in total. The quantitative estimate of drug-likeness (QED) is 0.240. The van der Waals surface area contributed by atoms with Gasteiger partial charge in [0.1, 0.15) is 46.4 Å². The highest BCUT2D eigenvalue weighted by Gasteiger charge is 2.38. The summed E-state index contributed by atoms with van der Waals surface area (Å²) < 4.78 is 112. The molecule has 0 spiro atoms. The van der Waals surface area contributed by atoms with Gasteiger partial charge in [-0.2, -0.15) is 13.2 Å². The number of hydrogen-bond acceptors (Lipinski definition) is 7. The lowest BCUT2D eigenvalue weighted by molar-refractivity contribution is -0.274. The van der Waals surface area contributed by atoms with Crippen molar-refractivity contribution in [2.75, 3.05) is 12.4 Å². The molecule has 3 rings (SSSR count). The van der Waals surface area contributed by atoms with Gasteiger partial charge in [-0.15, -0.1) is 13.2 Å². The minimum absolute atomic E-state index is 0.0407. The van der Waals surface area contributed by atoms with Crippen molar-refractivity contribution in [3.63, 3.8) is 0 Å². The molecule has 8 nitrogen and oxygen atoms in total. The van der Waals surface area contributed by atoms with Crippen molar-refractivity contribution >= 4 is 41.2 Å². The first kappa shape index (κ1) is 31.2. The van der Waals surface area contributed by atoms with Crippen LogP contribution in [0.1, 0.15) is 26.3 Å². The summed E-state index contributed by atoms with van der Waals surface area (Å²) in [4.78, 5) is 28.2. The molecule has 0 saturated heterocycles. The topological polar surface area (TPSA) is 96.0 Å². The highest BCUT2D eigenvalue weighted by molar-refractivity contribution is 6.58. The van der Waals surface area contributed by atoms with Gasteiger partial charge in [0.2, 0.25) is 0 Å². The third-order valence-corrected chi connectivity index (χ3v) is 4.72. The van der Waals surface area contributed by atoms with Crippen molar-refractivity contribution in [1.29, 1.82) is 0 Å². The fourth-order valence-corrected chi connectivity index (χ4v) is 3.12. The van der Waals surface area contributed by atoms with Gasteiger partial charge >= 0.3 is 18.5 Å². The molecule has 0 saturated carbocycles. The van der Waals surface area contributed by atoms with Crippen LogP contribution in [0, 0.1) is 5.82 Å². The third kappa shape index (κ3) is 8.31. The first-order valence-corrected chi connectivity index (χ1v) is 10.8. The molecule has 0 aliphatic heterocycles. The number of aromatic nitrogens is 1. The van der Waals surface area contributed by atoms with Gasteiger partial charge in [-0.25, -0.2) is 14.2 Å². The Morgan fingerprint density at radius 3 is 2.07 bits per heavy atom. The fraction of sp³-hybridized carbons (Fsp3) is 0.174. The van der Waals surface area contributed by atoms with E-state index in [2.05, 4.69) is 19.8 Å². The molecule has 0 unspecified atom stereocenters. The maximum atomic E-state index is 15.1. The molecule has 41 heavy (non-hydrogen) atoms. The van der Waals surface area contributed by atoms with Crippen LogP contribution in [-0.2, 0) is 10.9 Å². The highest BCUT2D eigenvalue weighted by atomic mass is 19.4. The van der Waals surface area contributed by atoms with Crippen LogP contribution in [0.25, 0.3) is 0 Å². The molecule has 208 valence electrons. The average Bonchev–Trinajstić information content (AvgIpc) is 2.83. The number of rotatable bonds is 8. The van der Waals surface area contributed by atoms with E-state index in [9.17, 15) is 35.9 Å². The second kappa shape index (κ2) is 11.6. The monoisotopic (exact) mass is 578 g/mol. The molecular formula is C23H12B3F7N2O6. The molecule has 3 aromatic rings. The predicted octanol–water partition coefficient (Wildman–Crippen LogP) is 4.46. The molecule has 0 bridgehead atoms. The number of methoxy groups -OCH3 is 1. The SMILES string of the molecule is [B]C([B])([B])Oc1cc(OC(F)(F)F)ccc1Oc1ccc(C(F)(F)F)c(F)c1C(=O)Nc1ccc(C(=O)OC)cn1. The van der Waals surface area contributed by atoms with E-state index in [1.165, 1.54) is 0 Å². The second-order valence-electron chi connectivity index (χ2n) is 7.89. The predicted molar refractivity (Wildman–Crippen MR) is 129 cm³/mol. The highest BCUT2D eigenvalue weighted by Crippen LogP contribution is 2.41. The molecule has 1 aromatic heterocycles. The van der Waals surface area contributed by atoms with Crippen molar-refractivity contribution in [2.45, 2.75) is 17.8 Å². The summed E-state index contributed by atoms with van der Waals surface area (Å²) in [6, 6.07) is 5.09. The Balaban J connectivity index is 2.07. The lowest BCUT2D eigenvalue weighted by Crippen LogP contribution is -2.37. The smallest absolute Gasteiger partial charge is 0.512 e. The normalized spacial score (nSPS) is 11.9. The van der Waals surface area contributed by atoms with E-state index < -0.39 is 69.7 Å². The minimum Gasteiger partial charge on any atom is -0.512 e. The van der Waals surface area contributed by atoms with Gasteiger partial charge in [-0.1, -0.05) is 0 Å². The van der Waals surface area contributed by atoms with E-state index in [0.29, 0.717) is 18.2 Å². The summed E-state index contributed by atoms with van der Waals surface area (Å²) in [5.41, 5.74) is -3.18. The van der Waals surface area contributed by atoms with Crippen LogP contribution >= 0.6 is 0 Å². The lowest BCUT2D eigenvalue weighted by atomic mass is 9.52. The number of benzene rings is 2. The number of hydrogen-bond donors (Lipinski definition) is 1. The van der Waals surface area contributed by atoms with E-state index in [0.717, 1.165) is 31.5 Å². The van der Waals surface area contributed by atoms with Crippen molar-refractivity contribution in [2.24, 2.45) is 0 Å². The summed E-state index contributed by atoms with van der Waals surface area (Å²) in [7, 11) is 17.1. The Bertz CT molecular complexity index is 1450. The maximum absolute atomic E-state index is 15.1. The number of carbonyl (C=O) groups excluding carboxylic acids is 2. The Kier molecular flexibility index (Phi) is 8.84. The first-order valence-electron chi connectivity index (χ1n) is 10.8. The van der Waals surface area contributed by atoms with Crippen LogP contribution in [0.3, 0.4) is 0 Å². The Hall–Kier alpha value is -4.37. The molecule has 0 atom stereocenters. The largest absolute Gasteiger partial charge is 0.573 e. The standard InChI is InChI=1S/C23H12B3F7N2O6/c1-38-20(37)10-2-7-16(34-9-10)35-19(36)17-14(6-4-12(18(17)27)21(28,29)30)39-13-5-3-11(40-23(31,32)33)8-15(13)41-22(24,25)26/h2-9H,1H3,(H,34,35,36). The van der Waals surface area contributed by atoms with Gasteiger partial charge in [0.05, 0.1) is 18.2 Å². The van der Waals surface area contributed by atoms with Crippen LogP contribution in [-0.4, -0.2) is 59.2 Å². The summed E-state index contributed by atoms with van der Waals surface area (Å²) in [6.07, 6.45) is -9.43. The Labute approximate surface area is 230 Å². The van der Waals surface area contributed by atoms with E-state index in [4.69, 9.17) is 33.0 Å². The van der Waals surface area contributed by atoms with Gasteiger partial charge in [0.25, 0.3) is 5.91 Å². The summed E-state index contributed by atoms with van der Waals surface area (Å²) in [5, 5.41) is -0.461. The zero-order valence-electron chi connectivity index (χ0n) is 20.4. The molecule has 1 heterocycles. The molecule has 18 heteroatoms. The molecule has 6 radical (unpaired) electrons. The molecule has 0 aliphatic carbocycles. The van der Waals surface area contributed by atoms with E-state index in [-0.39, 0.29) is 17.4 Å². The average molecular weight is 578 g/mol. The summed E-state index contributed by atoms with van der Waals surface area (Å²) >= 11 is 0. The first-order chi connectivity index (χ1) is 18.9. The lowest BCUT2D eigenvalue weighted by Gasteiger charge is -2.25. The van der Waals surface area contributed by atoms with Gasteiger partial charge in [0, 0.05) is 12.3 Å². The summed E-state index contributed by atoms with van der Waals surface area (Å²) in [6.45, 7) is 0. The number of ether oxygens (including phenoxy) is 4. The molecule has 2 aromatic carbocycles. The van der Waals surface area contributed by atoms with E-state index >= 15 is 4.39 Å². The van der Waals surface area contributed by atoms with Crippen LogP contribution in [0.5, 0.6) is 23.0 Å². The van der Waals surface area contributed by atoms with Crippen molar-refractivity contribution in [3.8, 4) is 23.0 Å².